The molecule has 0 aliphatic carbocycles. The van der Waals surface area contributed by atoms with Crippen molar-refractivity contribution in [2.75, 3.05) is 25.4 Å². The second-order valence-electron chi connectivity index (χ2n) is 5.07. The molecule has 0 aromatic carbocycles. The average Bonchev–Trinajstić information content (AvgIpc) is 2.61. The number of nitrogens with one attached hydrogen (secondary N) is 1. The van der Waals surface area contributed by atoms with E-state index in [1.54, 1.807) is 30.4 Å². The summed E-state index contributed by atoms with van der Waals surface area (Å²) < 4.78 is 0. The Morgan fingerprint density at radius 3 is 2.83 bits per heavy atom. The number of piperazine rings is 1. The highest BCUT2D eigenvalue weighted by Crippen LogP contribution is 2.24. The van der Waals surface area contributed by atoms with Crippen molar-refractivity contribution in [3.05, 3.63) is 54.6 Å². The third-order valence-electron chi connectivity index (χ3n) is 3.64. The number of thioether (sulfide) groups is 1. The highest BCUT2D eigenvalue weighted by atomic mass is 35.5. The standard InChI is InChI=1S/C16H18N4OS.ClH/c21-16(12-22-14-3-6-17-7-4-14)20-9-8-19-11-15(20)13-2-1-5-18-10-13;/h1-7,10,15,19H,8-9,11-12H2;1H. The van der Waals surface area contributed by atoms with E-state index in [9.17, 15) is 4.79 Å². The van der Waals surface area contributed by atoms with Crippen molar-refractivity contribution < 1.29 is 4.79 Å². The zero-order valence-corrected chi connectivity index (χ0v) is 14.2. The fourth-order valence-electron chi connectivity index (χ4n) is 2.54. The Labute approximate surface area is 146 Å². The first-order valence-corrected chi connectivity index (χ1v) is 8.26. The summed E-state index contributed by atoms with van der Waals surface area (Å²) in [6.07, 6.45) is 7.09. The van der Waals surface area contributed by atoms with Crippen LogP contribution >= 0.6 is 24.2 Å². The fourth-order valence-corrected chi connectivity index (χ4v) is 3.31. The van der Waals surface area contributed by atoms with Gasteiger partial charge in [-0.3, -0.25) is 14.8 Å². The van der Waals surface area contributed by atoms with E-state index in [0.29, 0.717) is 5.75 Å². The Morgan fingerprint density at radius 1 is 1.26 bits per heavy atom. The summed E-state index contributed by atoms with van der Waals surface area (Å²) in [6, 6.07) is 7.86. The summed E-state index contributed by atoms with van der Waals surface area (Å²) in [5, 5.41) is 3.36. The molecule has 7 heteroatoms. The van der Waals surface area contributed by atoms with Gasteiger partial charge < -0.3 is 10.2 Å². The lowest BCUT2D eigenvalue weighted by Crippen LogP contribution is -2.49. The Morgan fingerprint density at radius 2 is 2.09 bits per heavy atom. The van der Waals surface area contributed by atoms with Gasteiger partial charge in [0, 0.05) is 49.3 Å². The van der Waals surface area contributed by atoms with Crippen molar-refractivity contribution in [3.8, 4) is 0 Å². The van der Waals surface area contributed by atoms with Crippen molar-refractivity contribution in [2.24, 2.45) is 0 Å². The quantitative estimate of drug-likeness (QED) is 0.856. The minimum absolute atomic E-state index is 0. The lowest BCUT2D eigenvalue weighted by Gasteiger charge is -2.36. The number of hydrogen-bond donors (Lipinski definition) is 1. The number of halogens is 1. The molecule has 1 atom stereocenters. The number of pyridine rings is 2. The van der Waals surface area contributed by atoms with Crippen LogP contribution in [0.2, 0.25) is 0 Å². The molecule has 1 aliphatic heterocycles. The van der Waals surface area contributed by atoms with Gasteiger partial charge in [-0.15, -0.1) is 24.2 Å². The third kappa shape index (κ3) is 4.67. The SMILES string of the molecule is Cl.O=C(CSc1ccncc1)N1CCNCC1c1cccnc1. The molecule has 3 rings (SSSR count). The van der Waals surface area contributed by atoms with Gasteiger partial charge >= 0.3 is 0 Å². The summed E-state index contributed by atoms with van der Waals surface area (Å²) in [5.41, 5.74) is 1.08. The number of nitrogens with zero attached hydrogens (tertiary/aromatic N) is 3. The van der Waals surface area contributed by atoms with E-state index in [-0.39, 0.29) is 24.4 Å². The number of carbonyl (C=O) groups excluding carboxylic acids is 1. The molecule has 122 valence electrons. The van der Waals surface area contributed by atoms with Crippen LogP contribution in [0, 0.1) is 0 Å². The predicted octanol–water partition coefficient (Wildman–Crippen LogP) is 2.16. The van der Waals surface area contributed by atoms with Crippen LogP contribution in [0.3, 0.4) is 0 Å². The van der Waals surface area contributed by atoms with Crippen LogP contribution in [0.25, 0.3) is 0 Å². The van der Waals surface area contributed by atoms with Crippen LogP contribution in [-0.2, 0) is 4.79 Å². The first-order valence-electron chi connectivity index (χ1n) is 7.27. The van der Waals surface area contributed by atoms with E-state index < -0.39 is 0 Å². The van der Waals surface area contributed by atoms with E-state index >= 15 is 0 Å². The Kier molecular flexibility index (Phi) is 6.83. The van der Waals surface area contributed by atoms with E-state index in [1.807, 2.05) is 35.4 Å². The first-order chi connectivity index (χ1) is 10.8. The van der Waals surface area contributed by atoms with Crippen molar-refractivity contribution >= 4 is 30.1 Å². The smallest absolute Gasteiger partial charge is 0.233 e. The summed E-state index contributed by atoms with van der Waals surface area (Å²) >= 11 is 1.55. The fraction of sp³-hybridized carbons (Fsp3) is 0.312. The van der Waals surface area contributed by atoms with Crippen LogP contribution in [0.1, 0.15) is 11.6 Å². The molecule has 1 aliphatic rings. The van der Waals surface area contributed by atoms with Crippen molar-refractivity contribution in [2.45, 2.75) is 10.9 Å². The summed E-state index contributed by atoms with van der Waals surface area (Å²) in [5.74, 6) is 0.609. The molecule has 2 aromatic heterocycles. The van der Waals surface area contributed by atoms with E-state index in [4.69, 9.17) is 0 Å². The second kappa shape index (κ2) is 8.86. The monoisotopic (exact) mass is 350 g/mol. The Balaban J connectivity index is 0.00000192. The van der Waals surface area contributed by atoms with Gasteiger partial charge in [0.1, 0.15) is 0 Å². The normalized spacial score (nSPS) is 17.4. The number of rotatable bonds is 4. The minimum Gasteiger partial charge on any atom is -0.332 e. The third-order valence-corrected chi connectivity index (χ3v) is 4.64. The Bertz CT molecular complexity index is 614. The van der Waals surface area contributed by atoms with Gasteiger partial charge in [0.05, 0.1) is 11.8 Å². The predicted molar refractivity (Wildman–Crippen MR) is 93.8 cm³/mol. The molecule has 0 radical (unpaired) electrons. The molecular weight excluding hydrogens is 332 g/mol. The number of amides is 1. The molecular formula is C16H19ClN4OS. The number of aromatic nitrogens is 2. The molecule has 0 spiro atoms. The largest absolute Gasteiger partial charge is 0.332 e. The number of carbonyl (C=O) groups is 1. The molecule has 23 heavy (non-hydrogen) atoms. The summed E-state index contributed by atoms with van der Waals surface area (Å²) in [4.78, 5) is 23.8. The van der Waals surface area contributed by atoms with Gasteiger partial charge in [-0.25, -0.2) is 0 Å². The highest BCUT2D eigenvalue weighted by Gasteiger charge is 2.27. The van der Waals surface area contributed by atoms with E-state index in [1.165, 1.54) is 0 Å². The lowest BCUT2D eigenvalue weighted by atomic mass is 10.1. The first kappa shape index (κ1) is 17.7. The van der Waals surface area contributed by atoms with Gasteiger partial charge in [0.25, 0.3) is 0 Å². The van der Waals surface area contributed by atoms with Crippen molar-refractivity contribution in [3.63, 3.8) is 0 Å². The molecule has 1 saturated heterocycles. The van der Waals surface area contributed by atoms with Gasteiger partial charge in [-0.2, -0.15) is 0 Å². The molecule has 1 N–H and O–H groups in total. The maximum absolute atomic E-state index is 12.6. The summed E-state index contributed by atoms with van der Waals surface area (Å²) in [6.45, 7) is 2.34. The van der Waals surface area contributed by atoms with E-state index in [0.717, 1.165) is 30.1 Å². The highest BCUT2D eigenvalue weighted by molar-refractivity contribution is 8.00. The molecule has 2 aromatic rings. The average molecular weight is 351 g/mol. The van der Waals surface area contributed by atoms with Crippen molar-refractivity contribution in [1.29, 1.82) is 0 Å². The van der Waals surface area contributed by atoms with Gasteiger partial charge in [-0.1, -0.05) is 6.07 Å². The van der Waals surface area contributed by atoms with Crippen LogP contribution in [0.5, 0.6) is 0 Å². The Hall–Kier alpha value is -1.63. The molecule has 1 fully saturated rings. The van der Waals surface area contributed by atoms with Gasteiger partial charge in [0.15, 0.2) is 0 Å². The number of hydrogen-bond acceptors (Lipinski definition) is 5. The van der Waals surface area contributed by atoms with Crippen LogP contribution in [0.4, 0.5) is 0 Å². The molecule has 1 unspecified atom stereocenters. The maximum Gasteiger partial charge on any atom is 0.233 e. The zero-order chi connectivity index (χ0) is 15.2. The van der Waals surface area contributed by atoms with Crippen LogP contribution < -0.4 is 5.32 Å². The molecule has 1 amide bonds. The topological polar surface area (TPSA) is 58.1 Å². The zero-order valence-electron chi connectivity index (χ0n) is 12.6. The van der Waals surface area contributed by atoms with E-state index in [2.05, 4.69) is 15.3 Å². The van der Waals surface area contributed by atoms with Crippen molar-refractivity contribution in [1.82, 2.24) is 20.2 Å². The molecule has 5 nitrogen and oxygen atoms in total. The second-order valence-corrected chi connectivity index (χ2v) is 6.11. The minimum atomic E-state index is 0. The van der Waals surface area contributed by atoms with Crippen LogP contribution in [0.15, 0.2) is 53.9 Å². The molecule has 3 heterocycles. The van der Waals surface area contributed by atoms with Gasteiger partial charge in [0.2, 0.25) is 5.91 Å². The molecule has 0 saturated carbocycles. The van der Waals surface area contributed by atoms with Gasteiger partial charge in [-0.05, 0) is 23.8 Å². The summed E-state index contributed by atoms with van der Waals surface area (Å²) in [7, 11) is 0. The maximum atomic E-state index is 12.6. The lowest BCUT2D eigenvalue weighted by molar-refractivity contribution is -0.131. The van der Waals surface area contributed by atoms with Crippen LogP contribution in [-0.4, -0.2) is 46.2 Å². The molecule has 0 bridgehead atoms.